The molecule has 2 aliphatic carbocycles. The number of rotatable bonds is 0. The lowest BCUT2D eigenvalue weighted by molar-refractivity contribution is 0.387. The Morgan fingerprint density at radius 3 is 2.92 bits per heavy atom. The summed E-state index contributed by atoms with van der Waals surface area (Å²) in [5.41, 5.74) is 3.57. The van der Waals surface area contributed by atoms with E-state index in [4.69, 9.17) is 0 Å². The fourth-order valence-electron chi connectivity index (χ4n) is 2.71. The summed E-state index contributed by atoms with van der Waals surface area (Å²) in [6.07, 6.45) is 6.46. The van der Waals surface area contributed by atoms with Crippen LogP contribution in [-0.2, 0) is 0 Å². The zero-order chi connectivity index (χ0) is 9.05. The van der Waals surface area contributed by atoms with E-state index in [1.807, 2.05) is 0 Å². The first-order valence-corrected chi connectivity index (χ1v) is 5.31. The fourth-order valence-corrected chi connectivity index (χ4v) is 2.71. The minimum atomic E-state index is 0.359. The molecule has 1 saturated heterocycles. The average Bonchev–Trinajstić information content (AvgIpc) is 2.78. The number of fused-ring (bicyclic) bond motifs is 2. The molecule has 0 aromatic carbocycles. The molecule has 0 aromatic heterocycles. The van der Waals surface area contributed by atoms with Gasteiger partial charge in [-0.15, -0.1) is 0 Å². The quantitative estimate of drug-likeness (QED) is 0.594. The topological polar surface area (TPSA) is 12.0 Å². The van der Waals surface area contributed by atoms with Gasteiger partial charge in [-0.2, -0.15) is 0 Å². The van der Waals surface area contributed by atoms with E-state index in [1.54, 1.807) is 11.1 Å². The molecule has 1 aliphatic heterocycles. The molecule has 70 valence electrons. The highest BCUT2D eigenvalue weighted by atomic mass is 14.9. The third-order valence-corrected chi connectivity index (χ3v) is 3.64. The van der Waals surface area contributed by atoms with Crippen molar-refractivity contribution in [2.75, 3.05) is 13.1 Å². The molecule has 0 spiro atoms. The normalized spacial score (nSPS) is 39.8. The van der Waals surface area contributed by atoms with Gasteiger partial charge in [0.05, 0.1) is 0 Å². The molecule has 3 rings (SSSR count). The second-order valence-corrected chi connectivity index (χ2v) is 5.32. The van der Waals surface area contributed by atoms with Gasteiger partial charge < -0.3 is 5.32 Å². The second-order valence-electron chi connectivity index (χ2n) is 5.32. The van der Waals surface area contributed by atoms with E-state index in [0.717, 1.165) is 24.9 Å². The van der Waals surface area contributed by atoms with E-state index >= 15 is 0 Å². The van der Waals surface area contributed by atoms with Gasteiger partial charge in [-0.3, -0.25) is 0 Å². The zero-order valence-corrected chi connectivity index (χ0v) is 8.43. The Hall–Kier alpha value is -0.560. The summed E-state index contributed by atoms with van der Waals surface area (Å²) in [5.74, 6) is 1.80. The Labute approximate surface area is 79.9 Å². The fraction of sp³-hybridized carbons (Fsp3) is 0.667. The molecule has 1 heteroatoms. The van der Waals surface area contributed by atoms with Crippen molar-refractivity contribution in [3.63, 3.8) is 0 Å². The summed E-state index contributed by atoms with van der Waals surface area (Å²) < 4.78 is 0. The van der Waals surface area contributed by atoms with Gasteiger partial charge in [0.15, 0.2) is 0 Å². The third-order valence-electron chi connectivity index (χ3n) is 3.64. The maximum Gasteiger partial charge on any atom is 0.0205 e. The first-order chi connectivity index (χ1) is 6.17. The van der Waals surface area contributed by atoms with Gasteiger partial charge >= 0.3 is 0 Å². The van der Waals surface area contributed by atoms with Crippen LogP contribution in [0.15, 0.2) is 23.3 Å². The maximum absolute atomic E-state index is 3.50. The van der Waals surface area contributed by atoms with Crippen LogP contribution in [0.1, 0.15) is 20.3 Å². The van der Waals surface area contributed by atoms with E-state index in [-0.39, 0.29) is 0 Å². The molecular weight excluding hydrogens is 158 g/mol. The van der Waals surface area contributed by atoms with Crippen molar-refractivity contribution in [1.82, 2.24) is 5.32 Å². The largest absolute Gasteiger partial charge is 0.312 e. The minimum Gasteiger partial charge on any atom is -0.312 e. The molecule has 1 heterocycles. The van der Waals surface area contributed by atoms with E-state index < -0.39 is 0 Å². The van der Waals surface area contributed by atoms with Gasteiger partial charge in [0.2, 0.25) is 0 Å². The van der Waals surface area contributed by atoms with Crippen molar-refractivity contribution in [1.29, 1.82) is 0 Å². The zero-order valence-electron chi connectivity index (χ0n) is 8.43. The van der Waals surface area contributed by atoms with Gasteiger partial charge in [-0.05, 0) is 29.4 Å². The number of allylic oxidation sites excluding steroid dienone is 2. The van der Waals surface area contributed by atoms with Crippen LogP contribution in [0.2, 0.25) is 0 Å². The Balaban J connectivity index is 2.02. The predicted octanol–water partition coefficient (Wildman–Crippen LogP) is 2.12. The van der Waals surface area contributed by atoms with Crippen molar-refractivity contribution in [3.05, 3.63) is 23.3 Å². The summed E-state index contributed by atoms with van der Waals surface area (Å²) in [7, 11) is 0. The highest BCUT2D eigenvalue weighted by molar-refractivity contribution is 5.45. The van der Waals surface area contributed by atoms with Crippen molar-refractivity contribution in [2.24, 2.45) is 17.3 Å². The van der Waals surface area contributed by atoms with Crippen LogP contribution in [0.5, 0.6) is 0 Å². The van der Waals surface area contributed by atoms with Crippen LogP contribution in [0.3, 0.4) is 0 Å². The molecule has 0 aromatic rings. The monoisotopic (exact) mass is 175 g/mol. The molecule has 2 fully saturated rings. The molecule has 2 atom stereocenters. The van der Waals surface area contributed by atoms with E-state index in [1.165, 1.54) is 6.42 Å². The molecule has 2 unspecified atom stereocenters. The average molecular weight is 175 g/mol. The standard InChI is InChI=1S/C12H17N/c1-12(2)7-13-6-10-4-8-3-9(8)5-11(10)12/h4-5,8-9,13H,3,6-7H2,1-2H3. The van der Waals surface area contributed by atoms with Gasteiger partial charge in [0.1, 0.15) is 0 Å². The van der Waals surface area contributed by atoms with Crippen LogP contribution in [0.25, 0.3) is 0 Å². The maximum atomic E-state index is 3.50. The van der Waals surface area contributed by atoms with Crippen molar-refractivity contribution in [3.8, 4) is 0 Å². The number of piperidine rings is 1. The minimum absolute atomic E-state index is 0.359. The molecule has 1 N–H and O–H groups in total. The number of nitrogens with one attached hydrogen (secondary N) is 1. The molecule has 0 radical (unpaired) electrons. The van der Waals surface area contributed by atoms with Gasteiger partial charge in [0.25, 0.3) is 0 Å². The smallest absolute Gasteiger partial charge is 0.0205 e. The molecular formula is C12H17N. The predicted molar refractivity (Wildman–Crippen MR) is 54.4 cm³/mol. The second kappa shape index (κ2) is 2.27. The molecule has 0 bridgehead atoms. The molecule has 1 nitrogen and oxygen atoms in total. The Morgan fingerprint density at radius 2 is 2.08 bits per heavy atom. The first kappa shape index (κ1) is 7.81. The third kappa shape index (κ3) is 1.10. The van der Waals surface area contributed by atoms with Crippen LogP contribution in [0, 0.1) is 17.3 Å². The van der Waals surface area contributed by atoms with Crippen LogP contribution in [0.4, 0.5) is 0 Å². The Morgan fingerprint density at radius 1 is 1.31 bits per heavy atom. The van der Waals surface area contributed by atoms with Crippen LogP contribution >= 0.6 is 0 Å². The summed E-state index contributed by atoms with van der Waals surface area (Å²) in [4.78, 5) is 0. The van der Waals surface area contributed by atoms with E-state index in [0.29, 0.717) is 5.41 Å². The summed E-state index contributed by atoms with van der Waals surface area (Å²) in [6, 6.07) is 0. The summed E-state index contributed by atoms with van der Waals surface area (Å²) in [6.45, 7) is 6.93. The first-order valence-electron chi connectivity index (χ1n) is 5.31. The van der Waals surface area contributed by atoms with Gasteiger partial charge in [-0.25, -0.2) is 0 Å². The van der Waals surface area contributed by atoms with E-state index in [9.17, 15) is 0 Å². The molecule has 3 aliphatic rings. The highest BCUT2D eigenvalue weighted by Crippen LogP contribution is 2.50. The van der Waals surface area contributed by atoms with Crippen molar-refractivity contribution in [2.45, 2.75) is 20.3 Å². The van der Waals surface area contributed by atoms with Crippen molar-refractivity contribution >= 4 is 0 Å². The molecule has 1 saturated carbocycles. The Bertz CT molecular complexity index is 309. The van der Waals surface area contributed by atoms with Crippen molar-refractivity contribution < 1.29 is 0 Å². The van der Waals surface area contributed by atoms with Gasteiger partial charge in [0, 0.05) is 18.5 Å². The molecule has 13 heavy (non-hydrogen) atoms. The lowest BCUT2D eigenvalue weighted by atomic mass is 9.75. The number of hydrogen-bond acceptors (Lipinski definition) is 1. The molecule has 0 amide bonds. The van der Waals surface area contributed by atoms with E-state index in [2.05, 4.69) is 31.3 Å². The van der Waals surface area contributed by atoms with Crippen LogP contribution < -0.4 is 5.32 Å². The SMILES string of the molecule is CC1(C)CNCC2=CC3CC3C=C21. The lowest BCUT2D eigenvalue weighted by Crippen LogP contribution is -2.40. The Kier molecular flexibility index (Phi) is 1.36. The lowest BCUT2D eigenvalue weighted by Gasteiger charge is -2.37. The summed E-state index contributed by atoms with van der Waals surface area (Å²) >= 11 is 0. The van der Waals surface area contributed by atoms with Gasteiger partial charge in [-0.1, -0.05) is 26.0 Å². The number of hydrogen-bond donors (Lipinski definition) is 1. The summed E-state index contributed by atoms with van der Waals surface area (Å²) in [5, 5.41) is 3.50. The van der Waals surface area contributed by atoms with Crippen LogP contribution in [-0.4, -0.2) is 13.1 Å². The highest BCUT2D eigenvalue weighted by Gasteiger charge is 2.41.